The van der Waals surface area contributed by atoms with Crippen LogP contribution in [0.3, 0.4) is 0 Å². The number of hydrogen-bond donors (Lipinski definition) is 2. The van der Waals surface area contributed by atoms with Crippen molar-refractivity contribution in [3.63, 3.8) is 0 Å². The molecule has 0 radical (unpaired) electrons. The summed E-state index contributed by atoms with van der Waals surface area (Å²) in [6.45, 7) is 19.1. The summed E-state index contributed by atoms with van der Waals surface area (Å²) in [5.41, 5.74) is 8.56. The van der Waals surface area contributed by atoms with Crippen LogP contribution in [0.25, 0.3) is 44.6 Å². The average molecular weight is 531 g/mol. The van der Waals surface area contributed by atoms with Gasteiger partial charge in [-0.15, -0.1) is 0 Å². The van der Waals surface area contributed by atoms with Gasteiger partial charge in [-0.25, -0.2) is 9.97 Å². The number of rotatable bonds is 6. The predicted octanol–water partition coefficient (Wildman–Crippen LogP) is 9.51. The van der Waals surface area contributed by atoms with E-state index in [2.05, 4.69) is 107 Å². The smallest absolute Gasteiger partial charge is 0.138 e. The van der Waals surface area contributed by atoms with Crippen LogP contribution in [0.15, 0.2) is 96.8 Å². The highest BCUT2D eigenvalue weighted by Gasteiger charge is 2.18. The quantitative estimate of drug-likeness (QED) is 0.170. The number of allylic oxidation sites excluding steroid dienone is 4. The van der Waals surface area contributed by atoms with E-state index in [4.69, 9.17) is 14.7 Å². The highest BCUT2D eigenvalue weighted by molar-refractivity contribution is 5.87. The van der Waals surface area contributed by atoms with Crippen molar-refractivity contribution in [1.82, 2.24) is 19.9 Å². The molecular formula is C35H38N4O. The van der Waals surface area contributed by atoms with Crippen LogP contribution < -0.4 is 4.74 Å². The molecule has 2 N–H and O–H groups in total. The van der Waals surface area contributed by atoms with E-state index in [0.29, 0.717) is 5.76 Å². The van der Waals surface area contributed by atoms with Crippen molar-refractivity contribution in [2.75, 3.05) is 0 Å². The summed E-state index contributed by atoms with van der Waals surface area (Å²) in [7, 11) is 0. The highest BCUT2D eigenvalue weighted by Crippen LogP contribution is 2.30. The Morgan fingerprint density at radius 1 is 0.750 bits per heavy atom. The van der Waals surface area contributed by atoms with Gasteiger partial charge in [0.25, 0.3) is 0 Å². The van der Waals surface area contributed by atoms with Gasteiger partial charge in [0.05, 0.1) is 22.1 Å². The lowest BCUT2D eigenvalue weighted by Crippen LogP contribution is -2.12. The Balaban J connectivity index is 1.36. The van der Waals surface area contributed by atoms with Gasteiger partial charge in [0.15, 0.2) is 0 Å². The summed E-state index contributed by atoms with van der Waals surface area (Å²) in [6.07, 6.45) is 5.78. The molecule has 0 fully saturated rings. The summed E-state index contributed by atoms with van der Waals surface area (Å²) in [5.74, 6) is 3.27. The maximum absolute atomic E-state index is 6.05. The molecule has 0 aliphatic heterocycles. The lowest BCUT2D eigenvalue weighted by atomic mass is 9.87. The normalized spacial score (nSPS) is 13.3. The minimum absolute atomic E-state index is 0.0259. The average Bonchev–Trinajstić information content (AvgIpc) is 3.54. The fourth-order valence-electron chi connectivity index (χ4n) is 4.29. The van der Waals surface area contributed by atoms with E-state index in [9.17, 15) is 0 Å². The highest BCUT2D eigenvalue weighted by atomic mass is 16.5. The Hall–Kier alpha value is -4.38. The molecule has 204 valence electrons. The molecule has 5 rings (SSSR count). The minimum Gasteiger partial charge on any atom is -0.457 e. The number of nitrogens with zero attached hydrogens (tertiary/aromatic N) is 2. The summed E-state index contributed by atoms with van der Waals surface area (Å²) in [4.78, 5) is 16.6. The Bertz CT molecular complexity index is 1750. The topological polar surface area (TPSA) is 66.6 Å². The molecule has 5 aromatic rings. The summed E-state index contributed by atoms with van der Waals surface area (Å²) >= 11 is 0. The number of nitrogens with one attached hydrogen (secondary N) is 2. The molecule has 0 bridgehead atoms. The molecule has 2 aromatic heterocycles. The molecular weight excluding hydrogens is 492 g/mol. The van der Waals surface area contributed by atoms with Crippen LogP contribution in [-0.4, -0.2) is 19.9 Å². The Labute approximate surface area is 236 Å². The first-order chi connectivity index (χ1) is 18.9. The molecule has 0 amide bonds. The maximum Gasteiger partial charge on any atom is 0.138 e. The zero-order valence-electron chi connectivity index (χ0n) is 24.5. The van der Waals surface area contributed by atoms with E-state index in [0.717, 1.165) is 56.2 Å². The number of imidazole rings is 2. The van der Waals surface area contributed by atoms with E-state index >= 15 is 0 Å². The predicted molar refractivity (Wildman–Crippen MR) is 167 cm³/mol. The molecule has 0 saturated carbocycles. The third kappa shape index (κ3) is 5.79. The monoisotopic (exact) mass is 530 g/mol. The molecule has 0 aliphatic rings. The molecule has 0 spiro atoms. The third-order valence-electron chi connectivity index (χ3n) is 7.25. The maximum atomic E-state index is 6.05. The fourth-order valence-corrected chi connectivity index (χ4v) is 4.29. The van der Waals surface area contributed by atoms with Crippen molar-refractivity contribution in [1.29, 1.82) is 0 Å². The first-order valence-electron chi connectivity index (χ1n) is 13.7. The number of hydrogen-bond acceptors (Lipinski definition) is 3. The minimum atomic E-state index is -0.0259. The molecule has 0 unspecified atom stereocenters. The van der Waals surface area contributed by atoms with Crippen LogP contribution in [0.2, 0.25) is 0 Å². The molecule has 2 heterocycles. The number of aromatic amines is 2. The van der Waals surface area contributed by atoms with Gasteiger partial charge in [0, 0.05) is 11.0 Å². The molecule has 0 saturated heterocycles. The fraction of sp³-hybridized carbons (Fsp3) is 0.257. The third-order valence-corrected chi connectivity index (χ3v) is 7.25. The lowest BCUT2D eigenvalue weighted by molar-refractivity contribution is 0.444. The van der Waals surface area contributed by atoms with Crippen molar-refractivity contribution in [2.45, 2.75) is 53.9 Å². The second kappa shape index (κ2) is 10.3. The molecule has 0 aliphatic carbocycles. The zero-order chi connectivity index (χ0) is 28.7. The summed E-state index contributed by atoms with van der Waals surface area (Å²) in [5, 5.41) is 0. The van der Waals surface area contributed by atoms with Gasteiger partial charge >= 0.3 is 0 Å². The van der Waals surface area contributed by atoms with Crippen LogP contribution >= 0.6 is 0 Å². The number of benzene rings is 3. The zero-order valence-corrected chi connectivity index (χ0v) is 24.5. The van der Waals surface area contributed by atoms with E-state index in [1.54, 1.807) is 6.08 Å². The van der Waals surface area contributed by atoms with Crippen molar-refractivity contribution in [3.8, 4) is 28.3 Å². The largest absolute Gasteiger partial charge is 0.457 e. The van der Waals surface area contributed by atoms with Crippen molar-refractivity contribution < 1.29 is 4.74 Å². The van der Waals surface area contributed by atoms with Gasteiger partial charge in [0.2, 0.25) is 0 Å². The second-order valence-electron chi connectivity index (χ2n) is 12.4. The number of aromatic nitrogens is 4. The second-order valence-corrected chi connectivity index (χ2v) is 12.4. The van der Waals surface area contributed by atoms with Gasteiger partial charge < -0.3 is 14.7 Å². The Morgan fingerprint density at radius 2 is 1.32 bits per heavy atom. The molecule has 5 nitrogen and oxygen atoms in total. The van der Waals surface area contributed by atoms with E-state index in [1.807, 2.05) is 30.3 Å². The molecule has 40 heavy (non-hydrogen) atoms. The van der Waals surface area contributed by atoms with E-state index < -0.39 is 0 Å². The van der Waals surface area contributed by atoms with E-state index in [-0.39, 0.29) is 10.8 Å². The SMILES string of the molecule is C=C/C(=C\C=C(/C)C(C)(C)C)Oc1ccc(-c2nc3ccc(-c4ccc5nc(C(C)(C)C)[nH]c5c4)cc3[nH]2)cc1. The molecule has 3 aromatic carbocycles. The van der Waals surface area contributed by atoms with Gasteiger partial charge in [-0.3, -0.25) is 0 Å². The first-order valence-corrected chi connectivity index (χ1v) is 13.7. The number of H-pyrrole nitrogens is 2. The first kappa shape index (κ1) is 27.2. The summed E-state index contributed by atoms with van der Waals surface area (Å²) in [6, 6.07) is 20.7. The van der Waals surface area contributed by atoms with Crippen LogP contribution in [0, 0.1) is 5.41 Å². The Morgan fingerprint density at radius 3 is 1.90 bits per heavy atom. The van der Waals surface area contributed by atoms with Gasteiger partial charge in [-0.2, -0.15) is 0 Å². The molecule has 5 heteroatoms. The van der Waals surface area contributed by atoms with Crippen molar-refractivity contribution in [3.05, 3.63) is 103 Å². The van der Waals surface area contributed by atoms with Crippen LogP contribution in [0.4, 0.5) is 0 Å². The number of fused-ring (bicyclic) bond motifs is 2. The van der Waals surface area contributed by atoms with Crippen LogP contribution in [0.5, 0.6) is 5.75 Å². The van der Waals surface area contributed by atoms with Gasteiger partial charge in [0.1, 0.15) is 23.2 Å². The van der Waals surface area contributed by atoms with Crippen LogP contribution in [0.1, 0.15) is 54.3 Å². The summed E-state index contributed by atoms with van der Waals surface area (Å²) < 4.78 is 6.05. The van der Waals surface area contributed by atoms with Crippen molar-refractivity contribution in [2.24, 2.45) is 5.41 Å². The van der Waals surface area contributed by atoms with Gasteiger partial charge in [-0.05, 0) is 84.1 Å². The van der Waals surface area contributed by atoms with Crippen LogP contribution in [-0.2, 0) is 5.41 Å². The Kier molecular flexibility index (Phi) is 7.01. The van der Waals surface area contributed by atoms with Gasteiger partial charge in [-0.1, -0.05) is 71.9 Å². The standard InChI is InChI=1S/C35H38N4O/c1-9-26(15-10-22(2)34(3,4)5)40-27-16-11-23(12-17-27)32-36-28-18-13-24(20-30(28)37-32)25-14-19-29-31(21-25)39-33(38-29)35(6,7)8/h9-21H,1H2,2-8H3,(H,36,37)(H,38,39)/b22-10+,26-15+. The van der Waals surface area contributed by atoms with E-state index in [1.165, 1.54) is 5.57 Å². The van der Waals surface area contributed by atoms with Crippen molar-refractivity contribution >= 4 is 22.1 Å². The number of ether oxygens (including phenoxy) is 1. The molecule has 0 atom stereocenters. The lowest BCUT2D eigenvalue weighted by Gasteiger charge is -2.18.